The third kappa shape index (κ3) is 2.83. The van der Waals surface area contributed by atoms with Crippen LogP contribution in [-0.4, -0.2) is 31.8 Å². The number of benzene rings is 1. The Hall–Kier alpha value is -2.18. The van der Waals surface area contributed by atoms with Crippen LogP contribution >= 0.6 is 0 Å². The molecule has 0 saturated carbocycles. The molecule has 0 unspecified atom stereocenters. The number of fused-ring (bicyclic) bond motifs is 1. The van der Waals surface area contributed by atoms with Crippen molar-refractivity contribution in [3.63, 3.8) is 0 Å². The third-order valence-electron chi connectivity index (χ3n) is 4.90. The molecule has 0 amide bonds. The van der Waals surface area contributed by atoms with Gasteiger partial charge in [-0.3, -0.25) is 0 Å². The van der Waals surface area contributed by atoms with Gasteiger partial charge in [-0.15, -0.1) is 0 Å². The fourth-order valence-electron chi connectivity index (χ4n) is 3.46. The van der Waals surface area contributed by atoms with Crippen LogP contribution in [0, 0.1) is 0 Å². The van der Waals surface area contributed by atoms with Gasteiger partial charge in [0.15, 0.2) is 0 Å². The SMILES string of the molecule is Cn1cncc1[C@H]1C[C@@H](NCc2nc3ccccc3n2C)CCO1. The highest BCUT2D eigenvalue weighted by Gasteiger charge is 2.25. The van der Waals surface area contributed by atoms with Gasteiger partial charge in [0.05, 0.1) is 35.8 Å². The first-order valence-electron chi connectivity index (χ1n) is 8.44. The zero-order valence-corrected chi connectivity index (χ0v) is 14.1. The minimum atomic E-state index is 0.115. The van der Waals surface area contributed by atoms with Crippen LogP contribution in [0.4, 0.5) is 0 Å². The number of aryl methyl sites for hydroxylation is 2. The van der Waals surface area contributed by atoms with Crippen LogP contribution < -0.4 is 5.32 Å². The van der Waals surface area contributed by atoms with Gasteiger partial charge in [0, 0.05) is 26.7 Å². The second-order valence-electron chi connectivity index (χ2n) is 6.47. The van der Waals surface area contributed by atoms with Crippen molar-refractivity contribution in [2.75, 3.05) is 6.61 Å². The Labute approximate surface area is 141 Å². The molecular weight excluding hydrogens is 302 g/mol. The molecule has 6 nitrogen and oxygen atoms in total. The average Bonchev–Trinajstić information content (AvgIpc) is 3.17. The summed E-state index contributed by atoms with van der Waals surface area (Å²) < 4.78 is 10.1. The largest absolute Gasteiger partial charge is 0.372 e. The van der Waals surface area contributed by atoms with Gasteiger partial charge in [0.2, 0.25) is 0 Å². The number of aromatic nitrogens is 4. The zero-order valence-electron chi connectivity index (χ0n) is 14.1. The number of nitrogens with one attached hydrogen (secondary N) is 1. The van der Waals surface area contributed by atoms with Gasteiger partial charge < -0.3 is 19.2 Å². The van der Waals surface area contributed by atoms with Crippen molar-refractivity contribution in [1.82, 2.24) is 24.4 Å². The molecule has 0 radical (unpaired) electrons. The number of nitrogens with zero attached hydrogens (tertiary/aromatic N) is 4. The number of para-hydroxylation sites is 2. The summed E-state index contributed by atoms with van der Waals surface area (Å²) in [7, 11) is 4.09. The summed E-state index contributed by atoms with van der Waals surface area (Å²) in [5.41, 5.74) is 3.37. The van der Waals surface area contributed by atoms with E-state index in [4.69, 9.17) is 9.72 Å². The van der Waals surface area contributed by atoms with Crippen LogP contribution in [0.3, 0.4) is 0 Å². The Morgan fingerprint density at radius 2 is 2.17 bits per heavy atom. The third-order valence-corrected chi connectivity index (χ3v) is 4.90. The fraction of sp³-hybridized carbons (Fsp3) is 0.444. The number of rotatable bonds is 4. The topological polar surface area (TPSA) is 56.9 Å². The van der Waals surface area contributed by atoms with E-state index in [0.29, 0.717) is 6.04 Å². The maximum absolute atomic E-state index is 5.94. The molecule has 1 aromatic carbocycles. The summed E-state index contributed by atoms with van der Waals surface area (Å²) in [4.78, 5) is 8.94. The number of imidazole rings is 2. The van der Waals surface area contributed by atoms with Crippen LogP contribution in [0.25, 0.3) is 11.0 Å². The van der Waals surface area contributed by atoms with E-state index < -0.39 is 0 Å². The van der Waals surface area contributed by atoms with Crippen molar-refractivity contribution >= 4 is 11.0 Å². The molecule has 2 atom stereocenters. The Kier molecular flexibility index (Phi) is 4.08. The van der Waals surface area contributed by atoms with Crippen LogP contribution in [0.2, 0.25) is 0 Å². The van der Waals surface area contributed by atoms with Gasteiger partial charge in [0.1, 0.15) is 11.9 Å². The average molecular weight is 325 g/mol. The predicted octanol–water partition coefficient (Wildman–Crippen LogP) is 2.32. The highest BCUT2D eigenvalue weighted by molar-refractivity contribution is 5.75. The lowest BCUT2D eigenvalue weighted by Crippen LogP contribution is -2.36. The van der Waals surface area contributed by atoms with Crippen LogP contribution in [0.5, 0.6) is 0 Å². The maximum Gasteiger partial charge on any atom is 0.123 e. The lowest BCUT2D eigenvalue weighted by molar-refractivity contribution is -0.00417. The second-order valence-corrected chi connectivity index (χ2v) is 6.47. The highest BCUT2D eigenvalue weighted by Crippen LogP contribution is 2.27. The normalized spacial score (nSPS) is 21.4. The molecule has 1 aliphatic heterocycles. The van der Waals surface area contributed by atoms with E-state index >= 15 is 0 Å². The van der Waals surface area contributed by atoms with Crippen molar-refractivity contribution < 1.29 is 4.74 Å². The summed E-state index contributed by atoms with van der Waals surface area (Å²) in [6.45, 7) is 1.55. The van der Waals surface area contributed by atoms with E-state index in [0.717, 1.165) is 43.0 Å². The quantitative estimate of drug-likeness (QED) is 0.800. The van der Waals surface area contributed by atoms with Gasteiger partial charge in [0.25, 0.3) is 0 Å². The molecule has 24 heavy (non-hydrogen) atoms. The van der Waals surface area contributed by atoms with Crippen molar-refractivity contribution in [3.05, 3.63) is 48.3 Å². The molecule has 0 aliphatic carbocycles. The molecule has 0 bridgehead atoms. The summed E-state index contributed by atoms with van der Waals surface area (Å²) in [5.74, 6) is 1.07. The molecule has 126 valence electrons. The van der Waals surface area contributed by atoms with E-state index in [2.05, 4.69) is 40.1 Å². The molecule has 1 fully saturated rings. The molecule has 4 rings (SSSR count). The smallest absolute Gasteiger partial charge is 0.123 e. The van der Waals surface area contributed by atoms with E-state index in [1.807, 2.05) is 30.2 Å². The van der Waals surface area contributed by atoms with Crippen LogP contribution in [0.1, 0.15) is 30.5 Å². The van der Waals surface area contributed by atoms with Gasteiger partial charge in [-0.25, -0.2) is 9.97 Å². The van der Waals surface area contributed by atoms with E-state index in [1.165, 1.54) is 5.52 Å². The van der Waals surface area contributed by atoms with E-state index in [9.17, 15) is 0 Å². The predicted molar refractivity (Wildman–Crippen MR) is 92.5 cm³/mol. The Morgan fingerprint density at radius 3 is 2.96 bits per heavy atom. The van der Waals surface area contributed by atoms with Crippen LogP contribution in [0.15, 0.2) is 36.8 Å². The first kappa shape index (κ1) is 15.4. The molecule has 1 aliphatic rings. The number of hydrogen-bond acceptors (Lipinski definition) is 4. The maximum atomic E-state index is 5.94. The Morgan fingerprint density at radius 1 is 1.29 bits per heavy atom. The van der Waals surface area contributed by atoms with Crippen molar-refractivity contribution in [1.29, 1.82) is 0 Å². The van der Waals surface area contributed by atoms with Crippen LogP contribution in [-0.2, 0) is 25.4 Å². The molecule has 0 spiro atoms. The van der Waals surface area contributed by atoms with Crippen molar-refractivity contribution in [2.45, 2.75) is 31.5 Å². The van der Waals surface area contributed by atoms with Gasteiger partial charge in [-0.2, -0.15) is 0 Å². The second kappa shape index (κ2) is 6.37. The molecule has 3 aromatic rings. The summed E-state index contributed by atoms with van der Waals surface area (Å²) in [5, 5.41) is 3.66. The van der Waals surface area contributed by atoms with Crippen molar-refractivity contribution in [2.24, 2.45) is 14.1 Å². The molecule has 2 aromatic heterocycles. The summed E-state index contributed by atoms with van der Waals surface area (Å²) >= 11 is 0. The summed E-state index contributed by atoms with van der Waals surface area (Å²) in [6.07, 6.45) is 5.83. The minimum Gasteiger partial charge on any atom is -0.372 e. The molecular formula is C18H23N5O. The monoisotopic (exact) mass is 325 g/mol. The Bertz CT molecular complexity index is 837. The van der Waals surface area contributed by atoms with E-state index in [-0.39, 0.29) is 6.10 Å². The fourth-order valence-corrected chi connectivity index (χ4v) is 3.46. The summed E-state index contributed by atoms with van der Waals surface area (Å²) in [6, 6.07) is 8.69. The first-order chi connectivity index (χ1) is 11.7. The van der Waals surface area contributed by atoms with E-state index in [1.54, 1.807) is 0 Å². The minimum absolute atomic E-state index is 0.115. The zero-order chi connectivity index (χ0) is 16.5. The highest BCUT2D eigenvalue weighted by atomic mass is 16.5. The van der Waals surface area contributed by atoms with Gasteiger partial charge in [-0.1, -0.05) is 12.1 Å². The standard InChI is InChI=1S/C18H23N5O/c1-22-12-19-10-16(22)17-9-13(7-8-24-17)20-11-18-21-14-5-3-4-6-15(14)23(18)2/h3-6,10,12-13,17,20H,7-9,11H2,1-2H3/t13-,17+/m0/s1. The molecule has 1 N–H and O–H groups in total. The lowest BCUT2D eigenvalue weighted by atomic mass is 10.0. The molecule has 1 saturated heterocycles. The first-order valence-corrected chi connectivity index (χ1v) is 8.44. The van der Waals surface area contributed by atoms with Gasteiger partial charge in [-0.05, 0) is 25.0 Å². The number of ether oxygens (including phenoxy) is 1. The van der Waals surface area contributed by atoms with Crippen molar-refractivity contribution in [3.8, 4) is 0 Å². The number of hydrogen-bond donors (Lipinski definition) is 1. The molecule has 6 heteroatoms. The Balaban J connectivity index is 1.43. The van der Waals surface area contributed by atoms with Gasteiger partial charge >= 0.3 is 0 Å². The lowest BCUT2D eigenvalue weighted by Gasteiger charge is -2.30. The molecule has 3 heterocycles.